The van der Waals surface area contributed by atoms with Gasteiger partial charge in [0.05, 0.1) is 30.0 Å². The highest BCUT2D eigenvalue weighted by Crippen LogP contribution is 2.19. The Morgan fingerprint density at radius 3 is 3.13 bits per heavy atom. The maximum Gasteiger partial charge on any atom is 0.0959 e. The van der Waals surface area contributed by atoms with Crippen LogP contribution in [0.3, 0.4) is 0 Å². The van der Waals surface area contributed by atoms with Gasteiger partial charge in [-0.15, -0.1) is 0 Å². The molecule has 78 valence electrons. The first-order chi connectivity index (χ1) is 7.33. The molecule has 15 heavy (non-hydrogen) atoms. The van der Waals surface area contributed by atoms with Crippen LogP contribution in [0, 0.1) is 3.57 Å². The molecule has 0 spiro atoms. The van der Waals surface area contributed by atoms with E-state index >= 15 is 0 Å². The highest BCUT2D eigenvalue weighted by Gasteiger charge is 2.19. The summed E-state index contributed by atoms with van der Waals surface area (Å²) in [5.74, 6) is 0. The summed E-state index contributed by atoms with van der Waals surface area (Å²) in [7, 11) is 0. The smallest absolute Gasteiger partial charge is 0.0959 e. The molecule has 0 radical (unpaired) electrons. The van der Waals surface area contributed by atoms with E-state index in [0.717, 1.165) is 18.7 Å². The molecule has 1 unspecified atom stereocenters. The summed E-state index contributed by atoms with van der Waals surface area (Å²) in [6, 6.07) is 6.35. The van der Waals surface area contributed by atoms with Crippen molar-refractivity contribution in [3.63, 3.8) is 0 Å². The second-order valence-electron chi connectivity index (χ2n) is 3.81. The molecule has 0 bridgehead atoms. The van der Waals surface area contributed by atoms with Gasteiger partial charge in [-0.1, -0.05) is 0 Å². The lowest BCUT2D eigenvalue weighted by Crippen LogP contribution is -2.30. The number of rotatable bonds is 2. The number of aromatic nitrogens is 2. The Hall–Kier alpha value is -0.620. The van der Waals surface area contributed by atoms with Gasteiger partial charge in [-0.2, -0.15) is 0 Å². The van der Waals surface area contributed by atoms with Crippen LogP contribution in [0.1, 0.15) is 6.42 Å². The molecule has 4 heteroatoms. The van der Waals surface area contributed by atoms with Crippen molar-refractivity contribution in [3.05, 3.63) is 28.1 Å². The maximum atomic E-state index is 5.43. The van der Waals surface area contributed by atoms with E-state index in [4.69, 9.17) is 4.74 Å². The van der Waals surface area contributed by atoms with E-state index in [0.29, 0.717) is 6.10 Å². The molecule has 3 rings (SSSR count). The molecule has 1 aliphatic heterocycles. The first-order valence-electron chi connectivity index (χ1n) is 5.05. The zero-order valence-corrected chi connectivity index (χ0v) is 10.3. The number of nitrogens with zero attached hydrogens (tertiary/aromatic N) is 2. The van der Waals surface area contributed by atoms with Gasteiger partial charge in [0.2, 0.25) is 0 Å². The van der Waals surface area contributed by atoms with Crippen LogP contribution in [0.5, 0.6) is 0 Å². The minimum atomic E-state index is 0.390. The molecule has 1 saturated heterocycles. The van der Waals surface area contributed by atoms with Crippen molar-refractivity contribution in [2.75, 3.05) is 6.61 Å². The van der Waals surface area contributed by atoms with E-state index in [1.54, 1.807) is 0 Å². The normalized spacial score (nSPS) is 20.5. The molecule has 1 aromatic heterocycles. The van der Waals surface area contributed by atoms with Gasteiger partial charge >= 0.3 is 0 Å². The molecule has 1 atom stereocenters. The molecule has 2 heterocycles. The standard InChI is InChI=1S/C11H11IN2O/c12-8-1-2-11-10(5-8)13-7-14(11)6-9-3-4-15-9/h1-2,5,7,9H,3-4,6H2. The molecule has 1 fully saturated rings. The highest BCUT2D eigenvalue weighted by molar-refractivity contribution is 14.1. The lowest BCUT2D eigenvalue weighted by molar-refractivity contribution is -0.0586. The number of ether oxygens (including phenoxy) is 1. The van der Waals surface area contributed by atoms with Crippen LogP contribution < -0.4 is 0 Å². The van der Waals surface area contributed by atoms with Gasteiger partial charge in [0.1, 0.15) is 0 Å². The number of halogens is 1. The second kappa shape index (κ2) is 3.75. The number of imidazole rings is 1. The number of benzene rings is 1. The summed E-state index contributed by atoms with van der Waals surface area (Å²) >= 11 is 2.31. The Morgan fingerprint density at radius 1 is 1.53 bits per heavy atom. The highest BCUT2D eigenvalue weighted by atomic mass is 127. The summed E-state index contributed by atoms with van der Waals surface area (Å²) in [4.78, 5) is 4.39. The quantitative estimate of drug-likeness (QED) is 0.796. The average molecular weight is 314 g/mol. The summed E-state index contributed by atoms with van der Waals surface area (Å²) in [5.41, 5.74) is 2.27. The van der Waals surface area contributed by atoms with E-state index in [2.05, 4.69) is 50.3 Å². The van der Waals surface area contributed by atoms with Crippen LogP contribution in [-0.2, 0) is 11.3 Å². The zero-order valence-electron chi connectivity index (χ0n) is 8.19. The summed E-state index contributed by atoms with van der Waals surface area (Å²) in [5, 5.41) is 0. The SMILES string of the molecule is Ic1ccc2c(c1)ncn2CC1CCO1. The van der Waals surface area contributed by atoms with Crippen LogP contribution in [-0.4, -0.2) is 22.3 Å². The Bertz CT molecular complexity index is 490. The van der Waals surface area contributed by atoms with Gasteiger partial charge in [-0.3, -0.25) is 0 Å². The van der Waals surface area contributed by atoms with Crippen molar-refractivity contribution >= 4 is 33.6 Å². The number of fused-ring (bicyclic) bond motifs is 1. The predicted molar refractivity (Wildman–Crippen MR) is 66.8 cm³/mol. The van der Waals surface area contributed by atoms with E-state index in [-0.39, 0.29) is 0 Å². The molecular formula is C11H11IN2O. The fourth-order valence-electron chi connectivity index (χ4n) is 1.83. The third kappa shape index (κ3) is 1.76. The zero-order chi connectivity index (χ0) is 10.3. The third-order valence-corrected chi connectivity index (χ3v) is 3.45. The van der Waals surface area contributed by atoms with Gasteiger partial charge in [0, 0.05) is 10.2 Å². The maximum absolute atomic E-state index is 5.43. The topological polar surface area (TPSA) is 27.1 Å². The molecule has 0 saturated carbocycles. The van der Waals surface area contributed by atoms with Gasteiger partial charge in [0.15, 0.2) is 0 Å². The van der Waals surface area contributed by atoms with Crippen molar-refractivity contribution in [3.8, 4) is 0 Å². The van der Waals surface area contributed by atoms with Crippen LogP contribution in [0.4, 0.5) is 0 Å². The van der Waals surface area contributed by atoms with Gasteiger partial charge in [-0.05, 0) is 47.2 Å². The number of hydrogen-bond acceptors (Lipinski definition) is 2. The van der Waals surface area contributed by atoms with Crippen molar-refractivity contribution in [1.29, 1.82) is 0 Å². The monoisotopic (exact) mass is 314 g/mol. The van der Waals surface area contributed by atoms with Crippen molar-refractivity contribution in [2.24, 2.45) is 0 Å². The van der Waals surface area contributed by atoms with E-state index in [9.17, 15) is 0 Å². The van der Waals surface area contributed by atoms with Crippen LogP contribution >= 0.6 is 22.6 Å². The minimum Gasteiger partial charge on any atom is -0.376 e. The second-order valence-corrected chi connectivity index (χ2v) is 5.06. The van der Waals surface area contributed by atoms with Gasteiger partial charge in [-0.25, -0.2) is 4.98 Å². The van der Waals surface area contributed by atoms with Crippen molar-refractivity contribution in [2.45, 2.75) is 19.1 Å². The summed E-state index contributed by atoms with van der Waals surface area (Å²) in [6.45, 7) is 1.84. The van der Waals surface area contributed by atoms with E-state index < -0.39 is 0 Å². The minimum absolute atomic E-state index is 0.390. The average Bonchev–Trinajstić information content (AvgIpc) is 2.54. The van der Waals surface area contributed by atoms with E-state index in [1.165, 1.54) is 15.5 Å². The van der Waals surface area contributed by atoms with Gasteiger partial charge in [0.25, 0.3) is 0 Å². The third-order valence-electron chi connectivity index (χ3n) is 2.78. The fraction of sp³-hybridized carbons (Fsp3) is 0.364. The Kier molecular flexibility index (Phi) is 2.40. The summed E-state index contributed by atoms with van der Waals surface area (Å²) in [6.07, 6.45) is 3.47. The molecule has 2 aromatic rings. The first-order valence-corrected chi connectivity index (χ1v) is 6.13. The van der Waals surface area contributed by atoms with E-state index in [1.807, 2.05) is 6.33 Å². The van der Waals surface area contributed by atoms with Crippen LogP contribution in [0.25, 0.3) is 11.0 Å². The molecule has 3 nitrogen and oxygen atoms in total. The van der Waals surface area contributed by atoms with Crippen LogP contribution in [0.2, 0.25) is 0 Å². The van der Waals surface area contributed by atoms with Gasteiger partial charge < -0.3 is 9.30 Å². The molecule has 1 aromatic carbocycles. The predicted octanol–water partition coefficient (Wildman–Crippen LogP) is 2.43. The Balaban J connectivity index is 1.96. The fourth-order valence-corrected chi connectivity index (χ4v) is 2.31. The van der Waals surface area contributed by atoms with Crippen molar-refractivity contribution in [1.82, 2.24) is 9.55 Å². The summed E-state index contributed by atoms with van der Waals surface area (Å²) < 4.78 is 8.83. The molecule has 0 N–H and O–H groups in total. The van der Waals surface area contributed by atoms with Crippen molar-refractivity contribution < 1.29 is 4.74 Å². The lowest BCUT2D eigenvalue weighted by atomic mass is 10.2. The Morgan fingerprint density at radius 2 is 2.40 bits per heavy atom. The lowest BCUT2D eigenvalue weighted by Gasteiger charge is -2.26. The first kappa shape index (κ1) is 9.59. The molecule has 1 aliphatic rings. The largest absolute Gasteiger partial charge is 0.376 e. The Labute approximate surface area is 102 Å². The molecule has 0 amide bonds. The number of hydrogen-bond donors (Lipinski definition) is 0. The molecule has 0 aliphatic carbocycles. The van der Waals surface area contributed by atoms with Crippen LogP contribution in [0.15, 0.2) is 24.5 Å². The molecular weight excluding hydrogens is 303 g/mol.